The Bertz CT molecular complexity index is 530. The van der Waals surface area contributed by atoms with Crippen molar-refractivity contribution < 1.29 is 0 Å². The Morgan fingerprint density at radius 1 is 1.05 bits per heavy atom. The molecule has 20 heavy (non-hydrogen) atoms. The summed E-state index contributed by atoms with van der Waals surface area (Å²) in [5.41, 5.74) is 7.26. The van der Waals surface area contributed by atoms with E-state index < -0.39 is 0 Å². The number of anilines is 1. The molecule has 0 aliphatic rings. The molecule has 0 heterocycles. The molecule has 0 fully saturated rings. The Morgan fingerprint density at radius 2 is 1.80 bits per heavy atom. The van der Waals surface area contributed by atoms with Crippen molar-refractivity contribution in [3.05, 3.63) is 42.5 Å². The lowest BCUT2D eigenvalue weighted by atomic mass is 10.0. The largest absolute Gasteiger partial charge is 0.371 e. The monoisotopic (exact) mass is 270 g/mol. The number of nitrogens with two attached hydrogens (primary N) is 1. The first kappa shape index (κ1) is 14.9. The topological polar surface area (TPSA) is 29.3 Å². The van der Waals surface area contributed by atoms with E-state index in [4.69, 9.17) is 5.73 Å². The summed E-state index contributed by atoms with van der Waals surface area (Å²) in [6.45, 7) is 7.30. The molecule has 0 aliphatic heterocycles. The minimum absolute atomic E-state index is 0.582. The molecule has 2 aromatic carbocycles. The third kappa shape index (κ3) is 3.31. The van der Waals surface area contributed by atoms with Gasteiger partial charge in [0.05, 0.1) is 0 Å². The average Bonchev–Trinajstić information content (AvgIpc) is 2.51. The van der Waals surface area contributed by atoms with Crippen LogP contribution in [-0.4, -0.2) is 19.6 Å². The standard InChI is InChI=1S/C18H26N2/c1-3-8-15(13-19)14-20(4-2)18-12-7-10-16-9-5-6-11-17(16)18/h5-7,9-12,15H,3-4,8,13-14,19H2,1-2H3. The number of nitrogens with zero attached hydrogens (tertiary/aromatic N) is 1. The third-order valence-electron chi connectivity index (χ3n) is 4.00. The second-order valence-electron chi connectivity index (χ2n) is 5.43. The maximum atomic E-state index is 5.93. The molecule has 1 atom stereocenters. The first-order valence-electron chi connectivity index (χ1n) is 7.72. The fourth-order valence-corrected chi connectivity index (χ4v) is 2.89. The molecule has 0 aliphatic carbocycles. The predicted molar refractivity (Wildman–Crippen MR) is 89.3 cm³/mol. The highest BCUT2D eigenvalue weighted by molar-refractivity contribution is 5.94. The lowest BCUT2D eigenvalue weighted by Gasteiger charge is -2.29. The van der Waals surface area contributed by atoms with Gasteiger partial charge in [0.15, 0.2) is 0 Å². The van der Waals surface area contributed by atoms with E-state index in [-0.39, 0.29) is 0 Å². The van der Waals surface area contributed by atoms with E-state index in [0.717, 1.165) is 19.6 Å². The summed E-state index contributed by atoms with van der Waals surface area (Å²) in [6, 6.07) is 15.2. The van der Waals surface area contributed by atoms with Crippen molar-refractivity contribution in [3.63, 3.8) is 0 Å². The van der Waals surface area contributed by atoms with Crippen molar-refractivity contribution in [2.24, 2.45) is 11.7 Å². The molecular weight excluding hydrogens is 244 g/mol. The van der Waals surface area contributed by atoms with E-state index in [9.17, 15) is 0 Å². The van der Waals surface area contributed by atoms with Gasteiger partial charge in [-0.25, -0.2) is 0 Å². The van der Waals surface area contributed by atoms with Crippen LogP contribution in [-0.2, 0) is 0 Å². The van der Waals surface area contributed by atoms with Gasteiger partial charge in [0.25, 0.3) is 0 Å². The third-order valence-corrected chi connectivity index (χ3v) is 4.00. The normalized spacial score (nSPS) is 12.6. The average molecular weight is 270 g/mol. The van der Waals surface area contributed by atoms with Crippen molar-refractivity contribution in [3.8, 4) is 0 Å². The van der Waals surface area contributed by atoms with Gasteiger partial charge in [-0.2, -0.15) is 0 Å². The molecular formula is C18H26N2. The molecule has 2 N–H and O–H groups in total. The highest BCUT2D eigenvalue weighted by Crippen LogP contribution is 2.27. The minimum Gasteiger partial charge on any atom is -0.371 e. The van der Waals surface area contributed by atoms with E-state index in [1.165, 1.54) is 29.3 Å². The van der Waals surface area contributed by atoms with Crippen molar-refractivity contribution >= 4 is 16.5 Å². The number of benzene rings is 2. The molecule has 0 saturated heterocycles. The lowest BCUT2D eigenvalue weighted by molar-refractivity contribution is 0.484. The molecule has 2 aromatic rings. The molecule has 0 spiro atoms. The van der Waals surface area contributed by atoms with Crippen LogP contribution in [0.15, 0.2) is 42.5 Å². The van der Waals surface area contributed by atoms with E-state index in [2.05, 4.69) is 61.2 Å². The predicted octanol–water partition coefficient (Wildman–Crippen LogP) is 4.04. The van der Waals surface area contributed by atoms with Crippen LogP contribution in [0, 0.1) is 5.92 Å². The molecule has 0 saturated carbocycles. The van der Waals surface area contributed by atoms with E-state index >= 15 is 0 Å². The summed E-state index contributed by atoms with van der Waals surface area (Å²) in [7, 11) is 0. The molecule has 0 aromatic heterocycles. The molecule has 108 valence electrons. The van der Waals surface area contributed by atoms with Gasteiger partial charge in [0.1, 0.15) is 0 Å². The summed E-state index contributed by atoms with van der Waals surface area (Å²) in [4.78, 5) is 2.47. The molecule has 2 nitrogen and oxygen atoms in total. The molecule has 0 amide bonds. The zero-order valence-electron chi connectivity index (χ0n) is 12.7. The van der Waals surface area contributed by atoms with Gasteiger partial charge in [0, 0.05) is 24.2 Å². The first-order valence-corrected chi connectivity index (χ1v) is 7.72. The maximum Gasteiger partial charge on any atom is 0.0445 e. The zero-order chi connectivity index (χ0) is 14.4. The van der Waals surface area contributed by atoms with Gasteiger partial charge in [-0.15, -0.1) is 0 Å². The molecule has 0 radical (unpaired) electrons. The van der Waals surface area contributed by atoms with Gasteiger partial charge in [0.2, 0.25) is 0 Å². The first-order chi connectivity index (χ1) is 9.80. The van der Waals surface area contributed by atoms with Crippen molar-refractivity contribution in [1.82, 2.24) is 0 Å². The summed E-state index contributed by atoms with van der Waals surface area (Å²) in [5.74, 6) is 0.582. The van der Waals surface area contributed by atoms with Gasteiger partial charge >= 0.3 is 0 Å². The summed E-state index contributed by atoms with van der Waals surface area (Å²) < 4.78 is 0. The minimum atomic E-state index is 0.582. The summed E-state index contributed by atoms with van der Waals surface area (Å²) >= 11 is 0. The van der Waals surface area contributed by atoms with Crippen molar-refractivity contribution in [2.75, 3.05) is 24.5 Å². The van der Waals surface area contributed by atoms with Crippen LogP contribution < -0.4 is 10.6 Å². The van der Waals surface area contributed by atoms with E-state index in [0.29, 0.717) is 5.92 Å². The highest BCUT2D eigenvalue weighted by atomic mass is 15.1. The highest BCUT2D eigenvalue weighted by Gasteiger charge is 2.13. The SMILES string of the molecule is CCCC(CN)CN(CC)c1cccc2ccccc12. The lowest BCUT2D eigenvalue weighted by Crippen LogP contribution is -2.33. The Labute approximate surface area is 122 Å². The Balaban J connectivity index is 2.29. The molecule has 2 rings (SSSR count). The van der Waals surface area contributed by atoms with Gasteiger partial charge in [-0.05, 0) is 37.3 Å². The molecule has 1 unspecified atom stereocenters. The number of hydrogen-bond donors (Lipinski definition) is 1. The van der Waals surface area contributed by atoms with Crippen LogP contribution in [0.2, 0.25) is 0 Å². The smallest absolute Gasteiger partial charge is 0.0445 e. The van der Waals surface area contributed by atoms with E-state index in [1.54, 1.807) is 0 Å². The maximum absolute atomic E-state index is 5.93. The Morgan fingerprint density at radius 3 is 2.50 bits per heavy atom. The number of hydrogen-bond acceptors (Lipinski definition) is 2. The number of rotatable bonds is 7. The van der Waals surface area contributed by atoms with Gasteiger partial charge < -0.3 is 10.6 Å². The number of fused-ring (bicyclic) bond motifs is 1. The second-order valence-corrected chi connectivity index (χ2v) is 5.43. The van der Waals surface area contributed by atoms with Crippen LogP contribution in [0.1, 0.15) is 26.7 Å². The van der Waals surface area contributed by atoms with Crippen LogP contribution in [0.5, 0.6) is 0 Å². The fourth-order valence-electron chi connectivity index (χ4n) is 2.89. The van der Waals surface area contributed by atoms with Gasteiger partial charge in [-0.1, -0.05) is 49.7 Å². The molecule has 2 heteroatoms. The van der Waals surface area contributed by atoms with Crippen molar-refractivity contribution in [1.29, 1.82) is 0 Å². The van der Waals surface area contributed by atoms with Crippen molar-refractivity contribution in [2.45, 2.75) is 26.7 Å². The van der Waals surface area contributed by atoms with Crippen LogP contribution in [0.3, 0.4) is 0 Å². The fraction of sp³-hybridized carbons (Fsp3) is 0.444. The van der Waals surface area contributed by atoms with E-state index in [1.807, 2.05) is 0 Å². The van der Waals surface area contributed by atoms with Gasteiger partial charge in [-0.3, -0.25) is 0 Å². The van der Waals surface area contributed by atoms with Crippen LogP contribution in [0.4, 0.5) is 5.69 Å². The quantitative estimate of drug-likeness (QED) is 0.822. The van der Waals surface area contributed by atoms with Crippen LogP contribution in [0.25, 0.3) is 10.8 Å². The Hall–Kier alpha value is -1.54. The Kier molecular flexibility index (Phi) is 5.42. The summed E-state index contributed by atoms with van der Waals surface area (Å²) in [5, 5.41) is 2.65. The zero-order valence-corrected chi connectivity index (χ0v) is 12.7. The summed E-state index contributed by atoms with van der Waals surface area (Å²) in [6.07, 6.45) is 2.41. The molecule has 0 bridgehead atoms. The van der Waals surface area contributed by atoms with Crippen LogP contribution >= 0.6 is 0 Å². The second kappa shape index (κ2) is 7.30.